The highest BCUT2D eigenvalue weighted by atomic mass is 32.2. The van der Waals surface area contributed by atoms with E-state index in [0.717, 1.165) is 18.2 Å². The molecule has 2 N–H and O–H groups in total. The Morgan fingerprint density at radius 2 is 2.11 bits per heavy atom. The number of amides is 1. The fourth-order valence-corrected chi connectivity index (χ4v) is 2.37. The first-order valence-electron chi connectivity index (χ1n) is 5.01. The van der Waals surface area contributed by atoms with Gasteiger partial charge in [-0.3, -0.25) is 9.00 Å². The third-order valence-corrected chi connectivity index (χ3v) is 3.40. The van der Waals surface area contributed by atoms with Gasteiger partial charge < -0.3 is 10.4 Å². The molecule has 0 bridgehead atoms. The van der Waals surface area contributed by atoms with E-state index < -0.39 is 28.5 Å². The summed E-state index contributed by atoms with van der Waals surface area (Å²) in [5, 5.41) is 11.1. The van der Waals surface area contributed by atoms with Gasteiger partial charge in [-0.25, -0.2) is 9.18 Å². The van der Waals surface area contributed by atoms with Crippen LogP contribution in [0, 0.1) is 5.82 Å². The number of benzene rings is 1. The molecule has 98 valence electrons. The van der Waals surface area contributed by atoms with Crippen LogP contribution in [0.4, 0.5) is 4.39 Å². The Kier molecular flexibility index (Phi) is 4.96. The van der Waals surface area contributed by atoms with Gasteiger partial charge in [0.2, 0.25) is 5.91 Å². The van der Waals surface area contributed by atoms with E-state index >= 15 is 0 Å². The number of hydrogen-bond donors (Lipinski definition) is 2. The lowest BCUT2D eigenvalue weighted by atomic mass is 10.1. The largest absolute Gasteiger partial charge is 0.478 e. The maximum Gasteiger partial charge on any atom is 0.335 e. The highest BCUT2D eigenvalue weighted by Crippen LogP contribution is 2.13. The van der Waals surface area contributed by atoms with Gasteiger partial charge >= 0.3 is 5.97 Å². The summed E-state index contributed by atoms with van der Waals surface area (Å²) in [5.41, 5.74) is -0.0551. The molecule has 18 heavy (non-hydrogen) atoms. The lowest BCUT2D eigenvalue weighted by Crippen LogP contribution is -2.24. The van der Waals surface area contributed by atoms with Crippen molar-refractivity contribution in [3.05, 3.63) is 35.1 Å². The third-order valence-electron chi connectivity index (χ3n) is 2.18. The molecule has 1 aromatic rings. The molecule has 0 saturated carbocycles. The molecular weight excluding hydrogens is 261 g/mol. The predicted molar refractivity (Wildman–Crippen MR) is 64.1 cm³/mol. The van der Waals surface area contributed by atoms with Crippen LogP contribution in [-0.2, 0) is 21.3 Å². The summed E-state index contributed by atoms with van der Waals surface area (Å²) in [6.07, 6.45) is 0. The van der Waals surface area contributed by atoms with Crippen LogP contribution in [-0.4, -0.2) is 34.0 Å². The van der Waals surface area contributed by atoms with E-state index in [-0.39, 0.29) is 22.6 Å². The highest BCUT2D eigenvalue weighted by molar-refractivity contribution is 7.84. The molecule has 0 radical (unpaired) electrons. The van der Waals surface area contributed by atoms with Crippen LogP contribution < -0.4 is 5.32 Å². The lowest BCUT2D eigenvalue weighted by Gasteiger charge is -2.05. The quantitative estimate of drug-likeness (QED) is 0.819. The third kappa shape index (κ3) is 3.92. The van der Waals surface area contributed by atoms with Gasteiger partial charge in [0.1, 0.15) is 11.6 Å². The number of carbonyl (C=O) groups excluding carboxylic acids is 1. The molecule has 7 heteroatoms. The normalized spacial score (nSPS) is 11.9. The van der Waals surface area contributed by atoms with Crippen LogP contribution in [0.2, 0.25) is 0 Å². The van der Waals surface area contributed by atoms with Crippen molar-refractivity contribution in [2.75, 3.05) is 12.8 Å². The van der Waals surface area contributed by atoms with Crippen molar-refractivity contribution in [3.8, 4) is 0 Å². The van der Waals surface area contributed by atoms with Crippen LogP contribution in [0.25, 0.3) is 0 Å². The SMILES string of the molecule is CNC(=O)CS(=O)Cc1cc(C(=O)O)ccc1F. The molecule has 0 aromatic heterocycles. The summed E-state index contributed by atoms with van der Waals surface area (Å²) in [5.74, 6) is -2.67. The number of carboxylic acid groups (broad SMARTS) is 1. The van der Waals surface area contributed by atoms with Crippen molar-refractivity contribution in [2.45, 2.75) is 5.75 Å². The molecule has 1 aromatic carbocycles. The number of carbonyl (C=O) groups is 2. The average molecular weight is 273 g/mol. The number of nitrogens with one attached hydrogen (secondary N) is 1. The molecule has 1 amide bonds. The molecule has 0 aliphatic heterocycles. The molecule has 0 spiro atoms. The standard InChI is InChI=1S/C11H12FNO4S/c1-13-10(14)6-18(17)5-8-4-7(11(15)16)2-3-9(8)12/h2-4H,5-6H2,1H3,(H,13,14)(H,15,16). The minimum absolute atomic E-state index is 0.0251. The van der Waals surface area contributed by atoms with E-state index in [1.165, 1.54) is 7.05 Å². The Hall–Kier alpha value is -1.76. The van der Waals surface area contributed by atoms with E-state index in [1.54, 1.807) is 0 Å². The summed E-state index contributed by atoms with van der Waals surface area (Å²) < 4.78 is 24.9. The molecule has 0 fully saturated rings. The molecule has 1 unspecified atom stereocenters. The van der Waals surface area contributed by atoms with Gasteiger partial charge in [-0.1, -0.05) is 0 Å². The maximum absolute atomic E-state index is 13.4. The zero-order chi connectivity index (χ0) is 13.7. The second kappa shape index (κ2) is 6.25. The first kappa shape index (κ1) is 14.3. The summed E-state index contributed by atoms with van der Waals surface area (Å²) in [6, 6.07) is 3.26. The Labute approximate surface area is 105 Å². The van der Waals surface area contributed by atoms with E-state index in [1.807, 2.05) is 0 Å². The second-order valence-electron chi connectivity index (χ2n) is 3.51. The number of halogens is 1. The molecular formula is C11H12FNO4S. The molecule has 0 heterocycles. The van der Waals surface area contributed by atoms with Gasteiger partial charge in [0, 0.05) is 23.4 Å². The second-order valence-corrected chi connectivity index (χ2v) is 4.97. The number of carboxylic acids is 1. The van der Waals surface area contributed by atoms with Gasteiger partial charge in [-0.2, -0.15) is 0 Å². The van der Waals surface area contributed by atoms with Crippen molar-refractivity contribution in [3.63, 3.8) is 0 Å². The van der Waals surface area contributed by atoms with Crippen LogP contribution in [0.3, 0.4) is 0 Å². The Balaban J connectivity index is 2.83. The summed E-state index contributed by atoms with van der Waals surface area (Å²) >= 11 is 0. The van der Waals surface area contributed by atoms with Crippen molar-refractivity contribution >= 4 is 22.7 Å². The Bertz CT molecular complexity index is 504. The lowest BCUT2D eigenvalue weighted by molar-refractivity contribution is -0.118. The fraction of sp³-hybridized carbons (Fsp3) is 0.273. The average Bonchev–Trinajstić information content (AvgIpc) is 2.31. The zero-order valence-corrected chi connectivity index (χ0v) is 10.4. The van der Waals surface area contributed by atoms with E-state index in [9.17, 15) is 18.2 Å². The molecule has 0 aliphatic rings. The van der Waals surface area contributed by atoms with Crippen LogP contribution in [0.5, 0.6) is 0 Å². The van der Waals surface area contributed by atoms with Crippen molar-refractivity contribution in [2.24, 2.45) is 0 Å². The van der Waals surface area contributed by atoms with Gasteiger partial charge in [-0.15, -0.1) is 0 Å². The molecule has 0 aliphatic carbocycles. The first-order valence-corrected chi connectivity index (χ1v) is 6.50. The van der Waals surface area contributed by atoms with Crippen LogP contribution >= 0.6 is 0 Å². The predicted octanol–water partition coefficient (Wildman–Crippen LogP) is 0.519. The molecule has 1 rings (SSSR count). The van der Waals surface area contributed by atoms with E-state index in [0.29, 0.717) is 0 Å². The zero-order valence-electron chi connectivity index (χ0n) is 9.60. The maximum atomic E-state index is 13.4. The van der Waals surface area contributed by atoms with E-state index in [4.69, 9.17) is 5.11 Å². The van der Waals surface area contributed by atoms with E-state index in [2.05, 4.69) is 5.32 Å². The van der Waals surface area contributed by atoms with Gasteiger partial charge in [-0.05, 0) is 18.2 Å². The monoisotopic (exact) mass is 273 g/mol. The first-order chi connectivity index (χ1) is 8.43. The van der Waals surface area contributed by atoms with Crippen LogP contribution in [0.15, 0.2) is 18.2 Å². The summed E-state index contributed by atoms with van der Waals surface area (Å²) in [4.78, 5) is 21.7. The van der Waals surface area contributed by atoms with Crippen molar-refractivity contribution in [1.29, 1.82) is 0 Å². The van der Waals surface area contributed by atoms with Gasteiger partial charge in [0.25, 0.3) is 0 Å². The Morgan fingerprint density at radius 3 is 2.67 bits per heavy atom. The molecule has 0 saturated heterocycles. The minimum Gasteiger partial charge on any atom is -0.478 e. The minimum atomic E-state index is -1.58. The Morgan fingerprint density at radius 1 is 1.44 bits per heavy atom. The summed E-state index contributed by atoms with van der Waals surface area (Å²) in [7, 11) is -0.170. The van der Waals surface area contributed by atoms with Gasteiger partial charge in [0.05, 0.1) is 11.3 Å². The van der Waals surface area contributed by atoms with Crippen molar-refractivity contribution in [1.82, 2.24) is 5.32 Å². The highest BCUT2D eigenvalue weighted by Gasteiger charge is 2.13. The number of hydrogen-bond acceptors (Lipinski definition) is 3. The number of aromatic carboxylic acids is 1. The summed E-state index contributed by atoms with van der Waals surface area (Å²) in [6.45, 7) is 0. The van der Waals surface area contributed by atoms with Crippen LogP contribution in [0.1, 0.15) is 15.9 Å². The number of rotatable bonds is 5. The topological polar surface area (TPSA) is 83.5 Å². The molecule has 5 nitrogen and oxygen atoms in total. The smallest absolute Gasteiger partial charge is 0.335 e. The van der Waals surface area contributed by atoms with Crippen molar-refractivity contribution < 1.29 is 23.3 Å². The van der Waals surface area contributed by atoms with Gasteiger partial charge in [0.15, 0.2) is 0 Å². The molecule has 1 atom stereocenters. The fourth-order valence-electron chi connectivity index (χ4n) is 1.26.